The maximum Gasteiger partial charge on any atom is 0.409 e. The van der Waals surface area contributed by atoms with Crippen LogP contribution in [0.25, 0.3) is 0 Å². The highest BCUT2D eigenvalue weighted by molar-refractivity contribution is 5.87. The van der Waals surface area contributed by atoms with Gasteiger partial charge >= 0.3 is 12.1 Å². The number of benzene rings is 1. The molecular formula is C19H29N3O3. The van der Waals surface area contributed by atoms with E-state index in [4.69, 9.17) is 10.5 Å². The monoisotopic (exact) mass is 347 g/mol. The predicted octanol–water partition coefficient (Wildman–Crippen LogP) is 3.76. The summed E-state index contributed by atoms with van der Waals surface area (Å²) in [5.74, 6) is 0.618. The number of anilines is 1. The summed E-state index contributed by atoms with van der Waals surface area (Å²) in [6, 6.07) is 7.24. The average molecular weight is 347 g/mol. The minimum absolute atomic E-state index is 0.169. The molecule has 0 saturated carbocycles. The highest BCUT2D eigenvalue weighted by Crippen LogP contribution is 2.23. The number of primary amides is 1. The fourth-order valence-corrected chi connectivity index (χ4v) is 3.12. The third kappa shape index (κ3) is 6.64. The Morgan fingerprint density at radius 1 is 1.32 bits per heavy atom. The number of hydrogen-bond donors (Lipinski definition) is 2. The number of nitrogens with two attached hydrogens (primary N) is 1. The number of unbranched alkanes of at least 4 members (excludes halogenated alkanes) is 1. The molecule has 1 aliphatic heterocycles. The molecule has 1 aromatic carbocycles. The molecule has 1 heterocycles. The average Bonchev–Trinajstić information content (AvgIpc) is 2.60. The summed E-state index contributed by atoms with van der Waals surface area (Å²) in [6.45, 7) is 4.15. The second-order valence-electron chi connectivity index (χ2n) is 6.63. The molecule has 0 atom stereocenters. The zero-order valence-electron chi connectivity index (χ0n) is 15.0. The maximum atomic E-state index is 11.9. The predicted molar refractivity (Wildman–Crippen MR) is 98.5 cm³/mol. The third-order valence-electron chi connectivity index (χ3n) is 4.63. The van der Waals surface area contributed by atoms with Gasteiger partial charge in [-0.3, -0.25) is 0 Å². The molecule has 2 rings (SSSR count). The van der Waals surface area contributed by atoms with Crippen LogP contribution < -0.4 is 11.1 Å². The van der Waals surface area contributed by atoms with Crippen LogP contribution in [-0.2, 0) is 11.2 Å². The van der Waals surface area contributed by atoms with E-state index in [9.17, 15) is 9.59 Å². The van der Waals surface area contributed by atoms with Gasteiger partial charge in [-0.1, -0.05) is 25.5 Å². The van der Waals surface area contributed by atoms with Crippen molar-refractivity contribution >= 4 is 17.8 Å². The summed E-state index contributed by atoms with van der Waals surface area (Å²) >= 11 is 0. The minimum atomic E-state index is -0.546. The molecule has 0 unspecified atom stereocenters. The Morgan fingerprint density at radius 2 is 2.08 bits per heavy atom. The van der Waals surface area contributed by atoms with Crippen LogP contribution in [0.15, 0.2) is 24.3 Å². The standard InChI is InChI=1S/C19H29N3O3/c1-2-3-13-25-19(24)22-11-9-15(10-12-22)7-8-16-5-4-6-17(14-16)21-18(20)23/h4-6,14-15H,2-3,7-13H2,1H3,(H3,20,21,23). The van der Waals surface area contributed by atoms with Crippen molar-refractivity contribution in [2.45, 2.75) is 45.4 Å². The number of carbonyl (C=O) groups excluding carboxylic acids is 2. The Bertz CT molecular complexity index is 569. The molecule has 1 fully saturated rings. The molecule has 0 radical (unpaired) electrons. The third-order valence-corrected chi connectivity index (χ3v) is 4.63. The van der Waals surface area contributed by atoms with E-state index in [1.165, 1.54) is 5.56 Å². The lowest BCUT2D eigenvalue weighted by atomic mass is 9.90. The van der Waals surface area contributed by atoms with E-state index in [1.54, 1.807) is 0 Å². The number of hydrogen-bond acceptors (Lipinski definition) is 3. The van der Waals surface area contributed by atoms with E-state index in [-0.39, 0.29) is 6.09 Å². The lowest BCUT2D eigenvalue weighted by molar-refractivity contribution is 0.0859. The number of aryl methyl sites for hydroxylation is 1. The Hall–Kier alpha value is -2.24. The van der Waals surface area contributed by atoms with Crippen LogP contribution in [0.2, 0.25) is 0 Å². The van der Waals surface area contributed by atoms with Crippen LogP contribution in [0.1, 0.15) is 44.6 Å². The molecule has 6 nitrogen and oxygen atoms in total. The number of amides is 3. The van der Waals surface area contributed by atoms with Gasteiger partial charge in [0, 0.05) is 18.8 Å². The largest absolute Gasteiger partial charge is 0.449 e. The van der Waals surface area contributed by atoms with Gasteiger partial charge in [0.05, 0.1) is 6.61 Å². The van der Waals surface area contributed by atoms with Crippen LogP contribution in [0.4, 0.5) is 15.3 Å². The van der Waals surface area contributed by atoms with E-state index in [1.807, 2.05) is 23.1 Å². The van der Waals surface area contributed by atoms with E-state index < -0.39 is 6.03 Å². The Kier molecular flexibility index (Phi) is 7.57. The molecule has 3 amide bonds. The number of nitrogens with zero attached hydrogens (tertiary/aromatic N) is 1. The van der Waals surface area contributed by atoms with Crippen LogP contribution in [0, 0.1) is 5.92 Å². The van der Waals surface area contributed by atoms with Crippen LogP contribution >= 0.6 is 0 Å². The van der Waals surface area contributed by atoms with E-state index >= 15 is 0 Å². The van der Waals surface area contributed by atoms with Gasteiger partial charge in [-0.2, -0.15) is 0 Å². The molecule has 1 aromatic rings. The summed E-state index contributed by atoms with van der Waals surface area (Å²) in [5.41, 5.74) is 7.07. The van der Waals surface area contributed by atoms with Crippen molar-refractivity contribution in [1.82, 2.24) is 4.90 Å². The molecule has 1 saturated heterocycles. The number of likely N-dealkylation sites (tertiary alicyclic amines) is 1. The second kappa shape index (κ2) is 9.91. The van der Waals surface area contributed by atoms with E-state index in [2.05, 4.69) is 18.3 Å². The normalized spacial score (nSPS) is 15.0. The smallest absolute Gasteiger partial charge is 0.409 e. The Morgan fingerprint density at radius 3 is 2.76 bits per heavy atom. The van der Waals surface area contributed by atoms with Gasteiger partial charge in [0.15, 0.2) is 0 Å². The number of urea groups is 1. The number of nitrogens with one attached hydrogen (secondary N) is 1. The van der Waals surface area contributed by atoms with Crippen molar-refractivity contribution in [3.8, 4) is 0 Å². The van der Waals surface area contributed by atoms with Crippen molar-refractivity contribution in [3.05, 3.63) is 29.8 Å². The maximum absolute atomic E-state index is 11.9. The number of piperidine rings is 1. The van der Waals surface area contributed by atoms with Crippen LogP contribution in [0.3, 0.4) is 0 Å². The van der Waals surface area contributed by atoms with Crippen LogP contribution in [-0.4, -0.2) is 36.7 Å². The quantitative estimate of drug-likeness (QED) is 0.737. The van der Waals surface area contributed by atoms with Gasteiger partial charge < -0.3 is 20.7 Å². The van der Waals surface area contributed by atoms with Crippen molar-refractivity contribution in [2.75, 3.05) is 25.0 Å². The second-order valence-corrected chi connectivity index (χ2v) is 6.63. The van der Waals surface area contributed by atoms with Gasteiger partial charge in [-0.05, 0) is 55.7 Å². The van der Waals surface area contributed by atoms with Crippen molar-refractivity contribution in [2.24, 2.45) is 11.7 Å². The lowest BCUT2D eigenvalue weighted by Crippen LogP contribution is -2.39. The number of ether oxygens (including phenoxy) is 1. The molecule has 0 aromatic heterocycles. The van der Waals surface area contributed by atoms with E-state index in [0.717, 1.165) is 57.3 Å². The van der Waals surface area contributed by atoms with E-state index in [0.29, 0.717) is 12.5 Å². The molecule has 3 N–H and O–H groups in total. The van der Waals surface area contributed by atoms with Crippen molar-refractivity contribution in [3.63, 3.8) is 0 Å². The first-order chi connectivity index (χ1) is 12.1. The van der Waals surface area contributed by atoms with Crippen molar-refractivity contribution < 1.29 is 14.3 Å². The zero-order chi connectivity index (χ0) is 18.1. The molecular weight excluding hydrogens is 318 g/mol. The molecule has 138 valence electrons. The molecule has 25 heavy (non-hydrogen) atoms. The van der Waals surface area contributed by atoms with Gasteiger partial charge in [0.2, 0.25) is 0 Å². The number of carbonyl (C=O) groups is 2. The van der Waals surface area contributed by atoms with Crippen LogP contribution in [0.5, 0.6) is 0 Å². The molecule has 0 bridgehead atoms. The molecule has 6 heteroatoms. The summed E-state index contributed by atoms with van der Waals surface area (Å²) in [7, 11) is 0. The highest BCUT2D eigenvalue weighted by atomic mass is 16.6. The van der Waals surface area contributed by atoms with Gasteiger partial charge in [-0.15, -0.1) is 0 Å². The van der Waals surface area contributed by atoms with Gasteiger partial charge in [0.1, 0.15) is 0 Å². The first kappa shape index (κ1) is 19.1. The summed E-state index contributed by atoms with van der Waals surface area (Å²) in [6.07, 6.45) is 5.86. The topological polar surface area (TPSA) is 84.7 Å². The Balaban J connectivity index is 1.71. The molecule has 0 aliphatic carbocycles. The number of rotatable bonds is 7. The lowest BCUT2D eigenvalue weighted by Gasteiger charge is -2.31. The van der Waals surface area contributed by atoms with Crippen molar-refractivity contribution in [1.29, 1.82) is 0 Å². The first-order valence-corrected chi connectivity index (χ1v) is 9.15. The SMILES string of the molecule is CCCCOC(=O)N1CCC(CCc2cccc(NC(N)=O)c2)CC1. The first-order valence-electron chi connectivity index (χ1n) is 9.15. The minimum Gasteiger partial charge on any atom is -0.449 e. The van der Waals surface area contributed by atoms with Gasteiger partial charge in [0.25, 0.3) is 0 Å². The summed E-state index contributed by atoms with van der Waals surface area (Å²) < 4.78 is 5.27. The Labute approximate surface area is 149 Å². The van der Waals surface area contributed by atoms with Gasteiger partial charge in [-0.25, -0.2) is 9.59 Å². The molecule has 0 spiro atoms. The summed E-state index contributed by atoms with van der Waals surface area (Å²) in [4.78, 5) is 24.7. The zero-order valence-corrected chi connectivity index (χ0v) is 15.0. The highest BCUT2D eigenvalue weighted by Gasteiger charge is 2.23. The summed E-state index contributed by atoms with van der Waals surface area (Å²) in [5, 5.41) is 2.60. The fourth-order valence-electron chi connectivity index (χ4n) is 3.12. The molecule has 1 aliphatic rings. The fraction of sp³-hybridized carbons (Fsp3) is 0.579.